The van der Waals surface area contributed by atoms with Crippen molar-refractivity contribution in [3.63, 3.8) is 0 Å². The minimum atomic E-state index is -1.19. The maximum atomic E-state index is 14.0. The van der Waals surface area contributed by atoms with Crippen LogP contribution in [0.3, 0.4) is 0 Å². The Morgan fingerprint density at radius 2 is 1.59 bits per heavy atom. The molecule has 0 radical (unpaired) electrons. The van der Waals surface area contributed by atoms with Crippen LogP contribution in [0.4, 0.5) is 5.69 Å². The zero-order valence-corrected chi connectivity index (χ0v) is 25.2. The van der Waals surface area contributed by atoms with E-state index >= 15 is 0 Å². The van der Waals surface area contributed by atoms with E-state index in [0.717, 1.165) is 11.1 Å². The summed E-state index contributed by atoms with van der Waals surface area (Å²) < 4.78 is 11.7. The molecule has 0 bridgehead atoms. The summed E-state index contributed by atoms with van der Waals surface area (Å²) in [5.41, 5.74) is 8.36. The Kier molecular flexibility index (Phi) is 8.64. The molecule has 10 nitrogen and oxygen atoms in total. The van der Waals surface area contributed by atoms with Gasteiger partial charge in [-0.3, -0.25) is 19.8 Å². The fourth-order valence-electron chi connectivity index (χ4n) is 6.14. The van der Waals surface area contributed by atoms with E-state index < -0.39 is 40.4 Å². The molecule has 2 heterocycles. The summed E-state index contributed by atoms with van der Waals surface area (Å²) in [6.07, 6.45) is -0.441. The predicted molar refractivity (Wildman–Crippen MR) is 166 cm³/mol. The molecule has 10 heteroatoms. The van der Waals surface area contributed by atoms with Crippen molar-refractivity contribution in [1.29, 1.82) is 0 Å². The molecule has 2 unspecified atom stereocenters. The lowest BCUT2D eigenvalue weighted by Gasteiger charge is -2.51. The van der Waals surface area contributed by atoms with Crippen molar-refractivity contribution in [2.45, 2.75) is 51.4 Å². The summed E-state index contributed by atoms with van der Waals surface area (Å²) in [5, 5.41) is 11.6. The molecule has 2 N–H and O–H groups in total. The fraction of sp³-hybridized carbons (Fsp3) is 0.324. The molecule has 2 aliphatic rings. The molecule has 44 heavy (non-hydrogen) atoms. The van der Waals surface area contributed by atoms with Gasteiger partial charge in [-0.05, 0) is 44.4 Å². The number of carbonyl (C=O) groups is 2. The smallest absolute Gasteiger partial charge is 0.336 e. The van der Waals surface area contributed by atoms with Crippen molar-refractivity contribution in [2.24, 2.45) is 16.6 Å². The summed E-state index contributed by atoms with van der Waals surface area (Å²) in [4.78, 5) is 45.1. The van der Waals surface area contributed by atoms with Gasteiger partial charge in [-0.25, -0.2) is 9.79 Å². The number of carbonyl (C=O) groups excluding carboxylic acids is 2. The van der Waals surface area contributed by atoms with Gasteiger partial charge in [-0.15, -0.1) is 0 Å². The van der Waals surface area contributed by atoms with Crippen LogP contribution in [-0.2, 0) is 19.1 Å². The number of benzene rings is 3. The van der Waals surface area contributed by atoms with Crippen molar-refractivity contribution in [2.75, 3.05) is 13.1 Å². The lowest BCUT2D eigenvalue weighted by atomic mass is 9.76. The minimum Gasteiger partial charge on any atom is -0.460 e. The van der Waals surface area contributed by atoms with Crippen LogP contribution in [0.5, 0.6) is 0 Å². The first kappa shape index (κ1) is 30.6. The van der Waals surface area contributed by atoms with Gasteiger partial charge in [-0.1, -0.05) is 72.8 Å². The topological polar surface area (TPSA) is 137 Å². The van der Waals surface area contributed by atoms with Gasteiger partial charge >= 0.3 is 11.9 Å². The Balaban J connectivity index is 1.44. The Labute approximate surface area is 256 Å². The average Bonchev–Trinajstić information content (AvgIpc) is 2.96. The highest BCUT2D eigenvalue weighted by molar-refractivity contribution is 6.06. The van der Waals surface area contributed by atoms with Gasteiger partial charge < -0.3 is 15.2 Å². The van der Waals surface area contributed by atoms with Crippen LogP contribution in [0.2, 0.25) is 0 Å². The van der Waals surface area contributed by atoms with Gasteiger partial charge in [-0.2, -0.15) is 0 Å². The second-order valence-electron chi connectivity index (χ2n) is 11.8. The standard InChI is InChI=1S/C34H36N4O6/c1-21(2)43-32(39)27-22(3)36-31(35)29(28(27)25-16-11-17-26(18-25)38(41)42)33(40)44-34(4)19-37(20-34)30(23-12-7-5-8-13-23)24-14-9-6-10-15-24/h5-18,21,28-30H,19-20H2,1-4H3,(H2,35,36). The summed E-state index contributed by atoms with van der Waals surface area (Å²) >= 11 is 0. The molecule has 5 rings (SSSR count). The van der Waals surface area contributed by atoms with Crippen molar-refractivity contribution >= 4 is 23.5 Å². The maximum Gasteiger partial charge on any atom is 0.336 e. The number of ether oxygens (including phenoxy) is 2. The average molecular weight is 597 g/mol. The molecular formula is C34H36N4O6. The molecule has 0 spiro atoms. The van der Waals surface area contributed by atoms with Crippen molar-refractivity contribution in [3.8, 4) is 0 Å². The number of hydrogen-bond acceptors (Lipinski definition) is 9. The molecule has 0 amide bonds. The molecule has 0 aromatic heterocycles. The van der Waals surface area contributed by atoms with Crippen LogP contribution in [0, 0.1) is 16.0 Å². The number of allylic oxidation sites excluding steroid dienone is 1. The minimum absolute atomic E-state index is 0.0312. The monoisotopic (exact) mass is 596 g/mol. The highest BCUT2D eigenvalue weighted by atomic mass is 16.6. The van der Waals surface area contributed by atoms with E-state index in [1.807, 2.05) is 43.3 Å². The first-order valence-electron chi connectivity index (χ1n) is 14.5. The third-order valence-electron chi connectivity index (χ3n) is 7.92. The molecule has 228 valence electrons. The van der Waals surface area contributed by atoms with E-state index in [9.17, 15) is 19.7 Å². The first-order valence-corrected chi connectivity index (χ1v) is 14.5. The molecule has 2 aliphatic heterocycles. The molecular weight excluding hydrogens is 560 g/mol. The number of nitro groups is 1. The zero-order valence-electron chi connectivity index (χ0n) is 25.2. The van der Waals surface area contributed by atoms with Crippen molar-refractivity contribution in [1.82, 2.24) is 4.90 Å². The number of likely N-dealkylation sites (tertiary alicyclic amines) is 1. The highest BCUT2D eigenvalue weighted by Crippen LogP contribution is 2.43. The second-order valence-corrected chi connectivity index (χ2v) is 11.8. The number of hydrogen-bond donors (Lipinski definition) is 1. The first-order chi connectivity index (χ1) is 21.0. The maximum absolute atomic E-state index is 14.0. The molecule has 2 atom stereocenters. The van der Waals surface area contributed by atoms with Crippen molar-refractivity contribution < 1.29 is 24.0 Å². The molecule has 1 fully saturated rings. The number of rotatable bonds is 9. The van der Waals surface area contributed by atoms with Gasteiger partial charge in [0.15, 0.2) is 0 Å². The van der Waals surface area contributed by atoms with E-state index in [-0.39, 0.29) is 28.8 Å². The number of amidine groups is 1. The summed E-state index contributed by atoms with van der Waals surface area (Å²) in [6.45, 7) is 7.80. The molecule has 3 aromatic rings. The third-order valence-corrected chi connectivity index (χ3v) is 7.92. The summed E-state index contributed by atoms with van der Waals surface area (Å²) in [5.74, 6) is -3.55. The fourth-order valence-corrected chi connectivity index (χ4v) is 6.14. The van der Waals surface area contributed by atoms with E-state index in [2.05, 4.69) is 34.2 Å². The van der Waals surface area contributed by atoms with E-state index in [1.54, 1.807) is 26.8 Å². The molecule has 0 saturated carbocycles. The van der Waals surface area contributed by atoms with Crippen LogP contribution in [0.1, 0.15) is 56.3 Å². The highest BCUT2D eigenvalue weighted by Gasteiger charge is 2.50. The van der Waals surface area contributed by atoms with Gasteiger partial charge in [0.1, 0.15) is 17.4 Å². The van der Waals surface area contributed by atoms with Crippen LogP contribution >= 0.6 is 0 Å². The van der Waals surface area contributed by atoms with Crippen LogP contribution in [0.15, 0.2) is 101 Å². The van der Waals surface area contributed by atoms with Crippen LogP contribution in [0.25, 0.3) is 0 Å². The third kappa shape index (κ3) is 6.26. The summed E-state index contributed by atoms with van der Waals surface area (Å²) in [6, 6.07) is 26.1. The second kappa shape index (κ2) is 12.4. The lowest BCUT2D eigenvalue weighted by Crippen LogP contribution is -2.63. The van der Waals surface area contributed by atoms with Crippen molar-refractivity contribution in [3.05, 3.63) is 123 Å². The number of non-ortho nitro benzene ring substituents is 1. The van der Waals surface area contributed by atoms with Gasteiger partial charge in [0.2, 0.25) is 0 Å². The van der Waals surface area contributed by atoms with Crippen LogP contribution in [-0.4, -0.2) is 52.4 Å². The SMILES string of the molecule is CC1=C(C(=O)OC(C)C)C(c2cccc([N+](=O)[O-])c2)C(C(=O)OC2(C)CN(C(c3ccccc3)c3ccccc3)C2)C(N)=N1. The number of nitro benzene ring substituents is 1. The van der Waals surface area contributed by atoms with E-state index in [4.69, 9.17) is 15.2 Å². The van der Waals surface area contributed by atoms with Gasteiger partial charge in [0, 0.05) is 31.1 Å². The molecule has 3 aromatic carbocycles. The van der Waals surface area contributed by atoms with Gasteiger partial charge in [0.25, 0.3) is 5.69 Å². The van der Waals surface area contributed by atoms with Crippen LogP contribution < -0.4 is 5.73 Å². The Hall–Kier alpha value is -4.83. The van der Waals surface area contributed by atoms with E-state index in [0.29, 0.717) is 18.7 Å². The predicted octanol–water partition coefficient (Wildman–Crippen LogP) is 5.30. The quantitative estimate of drug-likeness (QED) is 0.200. The van der Waals surface area contributed by atoms with E-state index in [1.165, 1.54) is 18.2 Å². The normalized spacial score (nSPS) is 19.7. The molecule has 1 saturated heterocycles. The Bertz CT molecular complexity index is 1570. The number of esters is 2. The largest absolute Gasteiger partial charge is 0.460 e. The number of nitrogens with zero attached hydrogens (tertiary/aromatic N) is 3. The van der Waals surface area contributed by atoms with Gasteiger partial charge in [0.05, 0.1) is 28.3 Å². The Morgan fingerprint density at radius 1 is 1.00 bits per heavy atom. The zero-order chi connectivity index (χ0) is 31.6. The Morgan fingerprint density at radius 3 is 2.14 bits per heavy atom. The lowest BCUT2D eigenvalue weighted by molar-refractivity contribution is -0.384. The number of nitrogens with two attached hydrogens (primary N) is 1. The molecule has 0 aliphatic carbocycles. The summed E-state index contributed by atoms with van der Waals surface area (Å²) in [7, 11) is 0. The number of aliphatic imine (C=N–C) groups is 1.